The second kappa shape index (κ2) is 9.02. The van der Waals surface area contributed by atoms with Gasteiger partial charge in [-0.3, -0.25) is 9.59 Å². The second-order valence-electron chi connectivity index (χ2n) is 6.22. The van der Waals surface area contributed by atoms with E-state index in [1.165, 1.54) is 24.5 Å². The number of ketones is 1. The Hall–Kier alpha value is -3.09. The molecular formula is C20H24N2O5. The molecule has 0 spiro atoms. The lowest BCUT2D eigenvalue weighted by Gasteiger charge is -2.14. The van der Waals surface area contributed by atoms with Crippen LogP contribution in [0.2, 0.25) is 0 Å². The Kier molecular flexibility index (Phi) is 6.76. The van der Waals surface area contributed by atoms with Crippen molar-refractivity contribution >= 4 is 17.7 Å². The molecule has 2 rings (SSSR count). The van der Waals surface area contributed by atoms with Crippen LogP contribution >= 0.6 is 0 Å². The molecule has 0 unspecified atom stereocenters. The SMILES string of the molecule is COc1ccc(CCNC(=O)[C@@H](C)OC(=O)c2cc(C(C)=O)cn2C)cc1. The minimum atomic E-state index is -0.941. The summed E-state index contributed by atoms with van der Waals surface area (Å²) in [6, 6.07) is 9.03. The van der Waals surface area contributed by atoms with Gasteiger partial charge in [-0.1, -0.05) is 12.1 Å². The monoisotopic (exact) mass is 372 g/mol. The van der Waals surface area contributed by atoms with Crippen molar-refractivity contribution in [1.29, 1.82) is 0 Å². The van der Waals surface area contributed by atoms with E-state index in [2.05, 4.69) is 5.32 Å². The number of methoxy groups -OCH3 is 1. The second-order valence-corrected chi connectivity index (χ2v) is 6.22. The standard InChI is InChI=1S/C20H24N2O5/c1-13(23)16-11-18(22(3)12-16)20(25)27-14(2)19(24)21-10-9-15-5-7-17(26-4)8-6-15/h5-8,11-12,14H,9-10H2,1-4H3,(H,21,24)/t14-/m1/s1. The molecule has 7 heteroatoms. The van der Waals surface area contributed by atoms with Gasteiger partial charge < -0.3 is 19.4 Å². The van der Waals surface area contributed by atoms with Crippen LogP contribution < -0.4 is 10.1 Å². The van der Waals surface area contributed by atoms with Gasteiger partial charge in [0.05, 0.1) is 7.11 Å². The molecule has 0 aliphatic rings. The molecule has 0 bridgehead atoms. The van der Waals surface area contributed by atoms with E-state index in [0.717, 1.165) is 11.3 Å². The number of nitrogens with one attached hydrogen (secondary N) is 1. The first-order valence-corrected chi connectivity index (χ1v) is 8.60. The van der Waals surface area contributed by atoms with Crippen molar-refractivity contribution in [3.63, 3.8) is 0 Å². The van der Waals surface area contributed by atoms with Crippen LogP contribution in [0, 0.1) is 0 Å². The van der Waals surface area contributed by atoms with Gasteiger partial charge in [0.2, 0.25) is 0 Å². The summed E-state index contributed by atoms with van der Waals surface area (Å²) in [4.78, 5) is 35.8. The Bertz CT molecular complexity index is 823. The molecule has 1 N–H and O–H groups in total. The number of amides is 1. The Labute approximate surface area is 158 Å². The first-order chi connectivity index (χ1) is 12.8. The van der Waals surface area contributed by atoms with E-state index in [1.807, 2.05) is 24.3 Å². The minimum absolute atomic E-state index is 0.144. The molecular weight excluding hydrogens is 348 g/mol. The van der Waals surface area contributed by atoms with Crippen molar-refractivity contribution in [2.75, 3.05) is 13.7 Å². The zero-order chi connectivity index (χ0) is 20.0. The molecule has 1 heterocycles. The molecule has 0 saturated carbocycles. The van der Waals surface area contributed by atoms with Crippen LogP contribution in [0.3, 0.4) is 0 Å². The number of aryl methyl sites for hydroxylation is 1. The van der Waals surface area contributed by atoms with Gasteiger partial charge in [-0.15, -0.1) is 0 Å². The topological polar surface area (TPSA) is 86.6 Å². The Morgan fingerprint density at radius 3 is 2.41 bits per heavy atom. The van der Waals surface area contributed by atoms with Gasteiger partial charge in [-0.05, 0) is 44.0 Å². The summed E-state index contributed by atoms with van der Waals surface area (Å²) in [7, 11) is 3.25. The highest BCUT2D eigenvalue weighted by Gasteiger charge is 2.21. The number of nitrogens with zero attached hydrogens (tertiary/aromatic N) is 1. The third-order valence-electron chi connectivity index (χ3n) is 4.15. The van der Waals surface area contributed by atoms with E-state index in [-0.39, 0.29) is 17.4 Å². The summed E-state index contributed by atoms with van der Waals surface area (Å²) in [6.45, 7) is 3.35. The predicted molar refractivity (Wildman–Crippen MR) is 100 cm³/mol. The van der Waals surface area contributed by atoms with Crippen LogP contribution in [0.5, 0.6) is 5.75 Å². The molecule has 0 aliphatic heterocycles. The van der Waals surface area contributed by atoms with Gasteiger partial charge in [-0.2, -0.15) is 0 Å². The maximum atomic E-state index is 12.2. The number of benzene rings is 1. The summed E-state index contributed by atoms with van der Waals surface area (Å²) in [5.41, 5.74) is 1.69. The van der Waals surface area contributed by atoms with E-state index in [9.17, 15) is 14.4 Å². The molecule has 0 saturated heterocycles. The molecule has 1 atom stereocenters. The van der Waals surface area contributed by atoms with Crippen molar-refractivity contribution in [2.24, 2.45) is 7.05 Å². The molecule has 7 nitrogen and oxygen atoms in total. The van der Waals surface area contributed by atoms with Crippen molar-refractivity contribution in [1.82, 2.24) is 9.88 Å². The Morgan fingerprint density at radius 2 is 1.85 bits per heavy atom. The quantitative estimate of drug-likeness (QED) is 0.567. The third kappa shape index (κ3) is 5.44. The fraction of sp³-hybridized carbons (Fsp3) is 0.350. The zero-order valence-corrected chi connectivity index (χ0v) is 15.9. The largest absolute Gasteiger partial charge is 0.497 e. The highest BCUT2D eigenvalue weighted by molar-refractivity contribution is 5.98. The van der Waals surface area contributed by atoms with Crippen molar-refractivity contribution in [2.45, 2.75) is 26.4 Å². The average Bonchev–Trinajstić information content (AvgIpc) is 3.04. The van der Waals surface area contributed by atoms with Crippen molar-refractivity contribution in [3.8, 4) is 5.75 Å². The number of rotatable bonds is 8. The highest BCUT2D eigenvalue weighted by Crippen LogP contribution is 2.12. The lowest BCUT2D eigenvalue weighted by Crippen LogP contribution is -2.37. The maximum absolute atomic E-state index is 12.2. The van der Waals surface area contributed by atoms with E-state index >= 15 is 0 Å². The van der Waals surface area contributed by atoms with Crippen LogP contribution in [0.25, 0.3) is 0 Å². The number of ether oxygens (including phenoxy) is 2. The third-order valence-corrected chi connectivity index (χ3v) is 4.15. The molecule has 1 amide bonds. The molecule has 27 heavy (non-hydrogen) atoms. The first kappa shape index (κ1) is 20.2. The zero-order valence-electron chi connectivity index (χ0n) is 15.9. The lowest BCUT2D eigenvalue weighted by molar-refractivity contribution is -0.129. The summed E-state index contributed by atoms with van der Waals surface area (Å²) in [6.07, 6.45) is 1.26. The van der Waals surface area contributed by atoms with E-state index in [1.54, 1.807) is 20.4 Å². The summed E-state index contributed by atoms with van der Waals surface area (Å²) in [5.74, 6) is -0.397. The maximum Gasteiger partial charge on any atom is 0.355 e. The number of hydrogen-bond donors (Lipinski definition) is 1. The average molecular weight is 372 g/mol. The molecule has 144 valence electrons. The number of carbonyl (C=O) groups excluding carboxylic acids is 3. The van der Waals surface area contributed by atoms with Gasteiger partial charge in [0, 0.05) is 25.4 Å². The normalized spacial score (nSPS) is 11.6. The lowest BCUT2D eigenvalue weighted by atomic mass is 10.1. The number of hydrogen-bond acceptors (Lipinski definition) is 5. The number of esters is 1. The minimum Gasteiger partial charge on any atom is -0.497 e. The summed E-state index contributed by atoms with van der Waals surface area (Å²) in [5, 5.41) is 2.75. The van der Waals surface area contributed by atoms with Crippen molar-refractivity contribution < 1.29 is 23.9 Å². The fourth-order valence-corrected chi connectivity index (χ4v) is 2.50. The van der Waals surface area contributed by atoms with Crippen LogP contribution in [0.4, 0.5) is 0 Å². The molecule has 0 fully saturated rings. The van der Waals surface area contributed by atoms with Gasteiger partial charge in [0.25, 0.3) is 5.91 Å². The molecule has 1 aromatic carbocycles. The van der Waals surface area contributed by atoms with E-state index in [4.69, 9.17) is 9.47 Å². The van der Waals surface area contributed by atoms with Crippen LogP contribution in [0.15, 0.2) is 36.5 Å². The smallest absolute Gasteiger partial charge is 0.355 e. The Morgan fingerprint density at radius 1 is 1.19 bits per heavy atom. The molecule has 0 aliphatic carbocycles. The Balaban J connectivity index is 1.83. The predicted octanol–water partition coefficient (Wildman–Crippen LogP) is 2.14. The first-order valence-electron chi connectivity index (χ1n) is 8.60. The fourth-order valence-electron chi connectivity index (χ4n) is 2.50. The van der Waals surface area contributed by atoms with E-state index in [0.29, 0.717) is 18.5 Å². The number of carbonyl (C=O) groups is 3. The number of aromatic nitrogens is 1. The molecule has 0 radical (unpaired) electrons. The molecule has 2 aromatic rings. The summed E-state index contributed by atoms with van der Waals surface area (Å²) >= 11 is 0. The van der Waals surface area contributed by atoms with E-state index < -0.39 is 12.1 Å². The van der Waals surface area contributed by atoms with Gasteiger partial charge >= 0.3 is 5.97 Å². The highest BCUT2D eigenvalue weighted by atomic mass is 16.5. The van der Waals surface area contributed by atoms with Gasteiger partial charge in [0.15, 0.2) is 11.9 Å². The van der Waals surface area contributed by atoms with Crippen LogP contribution in [-0.2, 0) is 23.0 Å². The van der Waals surface area contributed by atoms with Crippen LogP contribution in [0.1, 0.15) is 40.3 Å². The summed E-state index contributed by atoms with van der Waals surface area (Å²) < 4.78 is 11.8. The molecule has 1 aromatic heterocycles. The van der Waals surface area contributed by atoms with Crippen molar-refractivity contribution in [3.05, 3.63) is 53.3 Å². The number of Topliss-reactive ketones (excluding diaryl/α,β-unsaturated/α-hetero) is 1. The van der Waals surface area contributed by atoms with Gasteiger partial charge in [0.1, 0.15) is 11.4 Å². The van der Waals surface area contributed by atoms with Gasteiger partial charge in [-0.25, -0.2) is 4.79 Å². The van der Waals surface area contributed by atoms with Crippen LogP contribution in [-0.4, -0.2) is 42.0 Å².